The highest BCUT2D eigenvalue weighted by Crippen LogP contribution is 2.24. The zero-order valence-corrected chi connectivity index (χ0v) is 13.3. The molecule has 1 rings (SSSR count). The fraction of sp³-hybridized carbons (Fsp3) is 0.647. The first-order valence-electron chi connectivity index (χ1n) is 7.38. The highest BCUT2D eigenvalue weighted by atomic mass is 15.1. The molecule has 1 unspecified atom stereocenters. The van der Waals surface area contributed by atoms with Gasteiger partial charge in [-0.05, 0) is 38.4 Å². The topological polar surface area (TPSA) is 15.3 Å². The summed E-state index contributed by atoms with van der Waals surface area (Å²) in [5.74, 6) is 0. The molecular weight excluding hydrogens is 232 g/mol. The lowest BCUT2D eigenvalue weighted by molar-refractivity contribution is 0.171. The van der Waals surface area contributed by atoms with Gasteiger partial charge in [0.25, 0.3) is 0 Å². The maximum absolute atomic E-state index is 3.34. The summed E-state index contributed by atoms with van der Waals surface area (Å²) in [6.45, 7) is 10.1. The minimum atomic E-state index is 0.363. The van der Waals surface area contributed by atoms with Crippen molar-refractivity contribution in [2.24, 2.45) is 5.41 Å². The number of nitrogens with one attached hydrogen (secondary N) is 1. The van der Waals surface area contributed by atoms with E-state index >= 15 is 0 Å². The molecule has 19 heavy (non-hydrogen) atoms. The van der Waals surface area contributed by atoms with Gasteiger partial charge in [0, 0.05) is 19.6 Å². The highest BCUT2D eigenvalue weighted by Gasteiger charge is 2.24. The van der Waals surface area contributed by atoms with E-state index in [-0.39, 0.29) is 0 Å². The normalized spacial score (nSPS) is 14.6. The Labute approximate surface area is 119 Å². The summed E-state index contributed by atoms with van der Waals surface area (Å²) in [6.07, 6.45) is 2.52. The lowest BCUT2D eigenvalue weighted by atomic mass is 9.85. The molecule has 0 amide bonds. The van der Waals surface area contributed by atoms with Crippen LogP contribution in [0.25, 0.3) is 0 Å². The Morgan fingerprint density at radius 2 is 2.05 bits per heavy atom. The third kappa shape index (κ3) is 5.75. The molecule has 0 bridgehead atoms. The third-order valence-electron chi connectivity index (χ3n) is 3.64. The van der Waals surface area contributed by atoms with Crippen LogP contribution in [-0.4, -0.2) is 32.1 Å². The molecule has 1 N–H and O–H groups in total. The summed E-state index contributed by atoms with van der Waals surface area (Å²) in [5.41, 5.74) is 3.12. The van der Waals surface area contributed by atoms with E-state index in [4.69, 9.17) is 0 Å². The number of aryl methyl sites for hydroxylation is 1. The van der Waals surface area contributed by atoms with Gasteiger partial charge in [-0.25, -0.2) is 0 Å². The Bertz CT molecular complexity index is 367. The Hall–Kier alpha value is -0.860. The Morgan fingerprint density at radius 3 is 2.63 bits per heavy atom. The van der Waals surface area contributed by atoms with Crippen LogP contribution in [0.5, 0.6) is 0 Å². The molecular formula is C17H30N2. The van der Waals surface area contributed by atoms with Gasteiger partial charge in [-0.1, -0.05) is 50.1 Å². The fourth-order valence-corrected chi connectivity index (χ4v) is 3.08. The molecule has 0 aromatic heterocycles. The molecule has 1 aromatic carbocycles. The van der Waals surface area contributed by atoms with Crippen LogP contribution in [-0.2, 0) is 6.54 Å². The minimum absolute atomic E-state index is 0.363. The van der Waals surface area contributed by atoms with Gasteiger partial charge in [-0.2, -0.15) is 0 Å². The Morgan fingerprint density at radius 1 is 1.32 bits per heavy atom. The van der Waals surface area contributed by atoms with Gasteiger partial charge in [-0.3, -0.25) is 0 Å². The van der Waals surface area contributed by atoms with E-state index in [2.05, 4.69) is 69.3 Å². The summed E-state index contributed by atoms with van der Waals surface area (Å²) < 4.78 is 0. The van der Waals surface area contributed by atoms with Crippen LogP contribution in [0.1, 0.15) is 37.8 Å². The molecule has 0 heterocycles. The average molecular weight is 262 g/mol. The monoisotopic (exact) mass is 262 g/mol. The lowest BCUT2D eigenvalue weighted by Crippen LogP contribution is -2.39. The van der Waals surface area contributed by atoms with E-state index < -0.39 is 0 Å². The predicted molar refractivity (Wildman–Crippen MR) is 84.5 cm³/mol. The second-order valence-corrected chi connectivity index (χ2v) is 6.25. The number of rotatable bonds is 8. The van der Waals surface area contributed by atoms with Crippen LogP contribution in [0.2, 0.25) is 0 Å². The van der Waals surface area contributed by atoms with E-state index in [0.29, 0.717) is 5.41 Å². The summed E-state index contributed by atoms with van der Waals surface area (Å²) in [5, 5.41) is 3.34. The van der Waals surface area contributed by atoms with Crippen LogP contribution in [0, 0.1) is 12.3 Å². The van der Waals surface area contributed by atoms with E-state index in [0.717, 1.165) is 19.6 Å². The van der Waals surface area contributed by atoms with Gasteiger partial charge in [0.2, 0.25) is 0 Å². The van der Waals surface area contributed by atoms with Crippen LogP contribution >= 0.6 is 0 Å². The summed E-state index contributed by atoms with van der Waals surface area (Å²) in [7, 11) is 4.28. The van der Waals surface area contributed by atoms with Crippen LogP contribution < -0.4 is 5.32 Å². The van der Waals surface area contributed by atoms with Crippen molar-refractivity contribution in [3.63, 3.8) is 0 Å². The molecule has 1 atom stereocenters. The van der Waals surface area contributed by atoms with Crippen molar-refractivity contribution in [3.05, 3.63) is 35.4 Å². The first kappa shape index (κ1) is 16.2. The largest absolute Gasteiger partial charge is 0.319 e. The maximum atomic E-state index is 3.34. The highest BCUT2D eigenvalue weighted by molar-refractivity contribution is 5.22. The Kier molecular flexibility index (Phi) is 6.53. The lowest BCUT2D eigenvalue weighted by Gasteiger charge is -2.34. The van der Waals surface area contributed by atoms with Crippen molar-refractivity contribution in [3.8, 4) is 0 Å². The number of benzene rings is 1. The van der Waals surface area contributed by atoms with Gasteiger partial charge in [-0.15, -0.1) is 0 Å². The minimum Gasteiger partial charge on any atom is -0.319 e. The van der Waals surface area contributed by atoms with Crippen molar-refractivity contribution in [1.82, 2.24) is 10.2 Å². The first-order chi connectivity index (χ1) is 8.99. The van der Waals surface area contributed by atoms with Crippen LogP contribution in [0.3, 0.4) is 0 Å². The molecule has 0 aliphatic heterocycles. The van der Waals surface area contributed by atoms with Gasteiger partial charge in [0.15, 0.2) is 0 Å². The molecule has 0 saturated carbocycles. The van der Waals surface area contributed by atoms with Crippen molar-refractivity contribution in [2.45, 2.75) is 40.2 Å². The third-order valence-corrected chi connectivity index (χ3v) is 3.64. The van der Waals surface area contributed by atoms with Gasteiger partial charge in [0.1, 0.15) is 0 Å². The summed E-state index contributed by atoms with van der Waals surface area (Å²) in [6, 6.07) is 8.81. The molecule has 2 heteroatoms. The fourth-order valence-electron chi connectivity index (χ4n) is 3.08. The first-order valence-corrected chi connectivity index (χ1v) is 7.38. The van der Waals surface area contributed by atoms with E-state index in [1.54, 1.807) is 0 Å². The zero-order valence-electron chi connectivity index (χ0n) is 13.3. The summed E-state index contributed by atoms with van der Waals surface area (Å²) in [4.78, 5) is 2.45. The number of hydrogen-bond acceptors (Lipinski definition) is 2. The Balaban J connectivity index is 2.59. The molecule has 0 aliphatic carbocycles. The second kappa shape index (κ2) is 7.66. The quantitative estimate of drug-likeness (QED) is 0.772. The molecule has 0 radical (unpaired) electrons. The zero-order chi connectivity index (χ0) is 14.3. The van der Waals surface area contributed by atoms with Crippen LogP contribution in [0.15, 0.2) is 24.3 Å². The van der Waals surface area contributed by atoms with Crippen molar-refractivity contribution < 1.29 is 0 Å². The molecule has 2 nitrogen and oxygen atoms in total. The number of nitrogens with zero attached hydrogens (tertiary/aromatic N) is 1. The van der Waals surface area contributed by atoms with Crippen molar-refractivity contribution >= 4 is 0 Å². The van der Waals surface area contributed by atoms with Gasteiger partial charge in [0.05, 0.1) is 0 Å². The van der Waals surface area contributed by atoms with E-state index in [1.807, 2.05) is 0 Å². The molecule has 1 aromatic rings. The van der Waals surface area contributed by atoms with Gasteiger partial charge < -0.3 is 10.2 Å². The van der Waals surface area contributed by atoms with E-state index in [9.17, 15) is 0 Å². The van der Waals surface area contributed by atoms with Crippen molar-refractivity contribution in [1.29, 1.82) is 0 Å². The SMILES string of the molecule is CCCC(C)(CNC)CN(C)Cc1cccc(C)c1. The second-order valence-electron chi connectivity index (χ2n) is 6.25. The van der Waals surface area contributed by atoms with Gasteiger partial charge >= 0.3 is 0 Å². The van der Waals surface area contributed by atoms with E-state index in [1.165, 1.54) is 24.0 Å². The molecule has 0 saturated heterocycles. The maximum Gasteiger partial charge on any atom is 0.0231 e. The number of hydrogen-bond donors (Lipinski definition) is 1. The predicted octanol–water partition coefficient (Wildman–Crippen LogP) is 3.45. The van der Waals surface area contributed by atoms with Crippen LogP contribution in [0.4, 0.5) is 0 Å². The molecule has 0 fully saturated rings. The molecule has 0 aliphatic rings. The average Bonchev–Trinajstić information content (AvgIpc) is 2.28. The van der Waals surface area contributed by atoms with Crippen molar-refractivity contribution in [2.75, 3.05) is 27.2 Å². The smallest absolute Gasteiger partial charge is 0.0231 e. The molecule has 108 valence electrons. The molecule has 0 spiro atoms. The summed E-state index contributed by atoms with van der Waals surface area (Å²) >= 11 is 0. The standard InChI is InChI=1S/C17H30N2/c1-6-10-17(3,13-18-4)14-19(5)12-16-9-7-8-15(2)11-16/h7-9,11,18H,6,10,12-14H2,1-5H3.